The lowest BCUT2D eigenvalue weighted by atomic mass is 9.86. The minimum absolute atomic E-state index is 0.0625. The molecule has 80 valence electrons. The highest BCUT2D eigenvalue weighted by Gasteiger charge is 2.45. The van der Waals surface area contributed by atoms with Crippen LogP contribution < -0.4 is 0 Å². The maximum Gasteiger partial charge on any atom is 0.313 e. The number of esters is 1. The number of ether oxygens (including phenoxy) is 1. The van der Waals surface area contributed by atoms with Crippen molar-refractivity contribution in [3.63, 3.8) is 0 Å². The SMILES string of the molecule is CCOC(=O)[C@@]1(C)CC=C(C)[C@@H]1SC. The smallest absolute Gasteiger partial charge is 0.313 e. The average Bonchev–Trinajstić information content (AvgIpc) is 2.44. The molecule has 0 aromatic heterocycles. The van der Waals surface area contributed by atoms with Crippen LogP contribution in [0, 0.1) is 5.41 Å². The zero-order chi connectivity index (χ0) is 10.8. The van der Waals surface area contributed by atoms with Gasteiger partial charge in [0.2, 0.25) is 0 Å². The molecule has 1 aliphatic rings. The molecule has 0 bridgehead atoms. The Kier molecular flexibility index (Phi) is 3.65. The molecule has 0 saturated heterocycles. The van der Waals surface area contributed by atoms with Crippen LogP contribution in [0.5, 0.6) is 0 Å². The molecule has 0 amide bonds. The summed E-state index contributed by atoms with van der Waals surface area (Å²) in [5.74, 6) is -0.0625. The number of thioether (sulfide) groups is 1. The van der Waals surface area contributed by atoms with Crippen LogP contribution in [0.4, 0.5) is 0 Å². The Morgan fingerprint density at radius 2 is 2.43 bits per heavy atom. The standard InChI is InChI=1S/C11H18O2S/c1-5-13-10(12)11(3)7-6-8(2)9(11)14-4/h6,9H,5,7H2,1-4H3/t9-,11-/m0/s1. The molecule has 1 rings (SSSR count). The fourth-order valence-corrected chi connectivity index (χ4v) is 3.20. The van der Waals surface area contributed by atoms with Crippen molar-refractivity contribution in [2.24, 2.45) is 5.41 Å². The predicted molar refractivity (Wildman–Crippen MR) is 60.4 cm³/mol. The average molecular weight is 214 g/mol. The van der Waals surface area contributed by atoms with Gasteiger partial charge in [-0.05, 0) is 33.4 Å². The molecule has 0 fully saturated rings. The van der Waals surface area contributed by atoms with E-state index in [4.69, 9.17) is 4.74 Å². The first kappa shape index (κ1) is 11.6. The van der Waals surface area contributed by atoms with E-state index in [9.17, 15) is 4.79 Å². The molecule has 2 nitrogen and oxygen atoms in total. The molecule has 1 aliphatic carbocycles. The van der Waals surface area contributed by atoms with Crippen molar-refractivity contribution in [2.45, 2.75) is 32.4 Å². The van der Waals surface area contributed by atoms with E-state index >= 15 is 0 Å². The Morgan fingerprint density at radius 3 is 2.93 bits per heavy atom. The molecule has 3 heteroatoms. The molecule has 0 aliphatic heterocycles. The molecule has 14 heavy (non-hydrogen) atoms. The van der Waals surface area contributed by atoms with Gasteiger partial charge in [-0.3, -0.25) is 4.79 Å². The van der Waals surface area contributed by atoms with Gasteiger partial charge in [-0.1, -0.05) is 11.6 Å². The van der Waals surface area contributed by atoms with Gasteiger partial charge in [0.1, 0.15) is 0 Å². The van der Waals surface area contributed by atoms with E-state index in [-0.39, 0.29) is 16.6 Å². The van der Waals surface area contributed by atoms with Gasteiger partial charge in [0.05, 0.1) is 12.0 Å². The van der Waals surface area contributed by atoms with Gasteiger partial charge < -0.3 is 4.74 Å². The lowest BCUT2D eigenvalue weighted by Gasteiger charge is -2.29. The topological polar surface area (TPSA) is 26.3 Å². The van der Waals surface area contributed by atoms with Gasteiger partial charge in [0.15, 0.2) is 0 Å². The van der Waals surface area contributed by atoms with Crippen LogP contribution in [0.2, 0.25) is 0 Å². The zero-order valence-corrected chi connectivity index (χ0v) is 10.1. The molecule has 0 heterocycles. The number of rotatable bonds is 3. The first-order valence-corrected chi connectivity index (χ1v) is 6.21. The predicted octanol–water partition coefficient (Wildman–Crippen LogP) is 2.64. The van der Waals surface area contributed by atoms with Gasteiger partial charge in [-0.15, -0.1) is 0 Å². The van der Waals surface area contributed by atoms with Crippen molar-refractivity contribution in [3.8, 4) is 0 Å². The van der Waals surface area contributed by atoms with Gasteiger partial charge in [0, 0.05) is 5.25 Å². The van der Waals surface area contributed by atoms with E-state index in [1.165, 1.54) is 5.57 Å². The fourth-order valence-electron chi connectivity index (χ4n) is 2.02. The van der Waals surface area contributed by atoms with Crippen LogP contribution in [0.3, 0.4) is 0 Å². The fraction of sp³-hybridized carbons (Fsp3) is 0.727. The first-order chi connectivity index (χ1) is 6.56. The Balaban J connectivity index is 2.80. The molecule has 0 spiro atoms. The minimum Gasteiger partial charge on any atom is -0.466 e. The molecule has 0 radical (unpaired) electrons. The first-order valence-electron chi connectivity index (χ1n) is 4.93. The molecule has 0 aromatic rings. The summed E-state index contributed by atoms with van der Waals surface area (Å²) in [6.07, 6.45) is 5.01. The van der Waals surface area contributed by atoms with E-state index in [1.807, 2.05) is 20.1 Å². The third-order valence-electron chi connectivity index (χ3n) is 2.82. The monoisotopic (exact) mass is 214 g/mol. The van der Waals surface area contributed by atoms with Crippen molar-refractivity contribution >= 4 is 17.7 Å². The van der Waals surface area contributed by atoms with Crippen molar-refractivity contribution < 1.29 is 9.53 Å². The molecule has 0 saturated carbocycles. The highest BCUT2D eigenvalue weighted by Crippen LogP contribution is 2.44. The summed E-state index contributed by atoms with van der Waals surface area (Å²) in [6.45, 7) is 6.41. The van der Waals surface area contributed by atoms with E-state index in [2.05, 4.69) is 13.0 Å². The number of hydrogen-bond acceptors (Lipinski definition) is 3. The minimum atomic E-state index is -0.348. The number of carbonyl (C=O) groups is 1. The summed E-state index contributed by atoms with van der Waals surface area (Å²) in [4.78, 5) is 11.8. The van der Waals surface area contributed by atoms with Gasteiger partial charge in [0.25, 0.3) is 0 Å². The number of allylic oxidation sites excluding steroid dienone is 1. The molecule has 0 aromatic carbocycles. The van der Waals surface area contributed by atoms with Crippen molar-refractivity contribution in [1.29, 1.82) is 0 Å². The molecule has 0 unspecified atom stereocenters. The van der Waals surface area contributed by atoms with Crippen molar-refractivity contribution in [1.82, 2.24) is 0 Å². The Hall–Kier alpha value is -0.440. The normalized spacial score (nSPS) is 31.4. The van der Waals surface area contributed by atoms with Crippen LogP contribution in [0.15, 0.2) is 11.6 Å². The van der Waals surface area contributed by atoms with Crippen LogP contribution >= 0.6 is 11.8 Å². The number of carbonyl (C=O) groups excluding carboxylic acids is 1. The summed E-state index contributed by atoms with van der Waals surface area (Å²) in [6, 6.07) is 0. The zero-order valence-electron chi connectivity index (χ0n) is 9.29. The molecule has 0 N–H and O–H groups in total. The highest BCUT2D eigenvalue weighted by molar-refractivity contribution is 7.99. The largest absolute Gasteiger partial charge is 0.466 e. The Labute approximate surface area is 90.1 Å². The lowest BCUT2D eigenvalue weighted by Crippen LogP contribution is -2.36. The van der Waals surface area contributed by atoms with E-state index in [0.29, 0.717) is 6.61 Å². The second-order valence-corrected chi connectivity index (χ2v) is 4.85. The van der Waals surface area contributed by atoms with Crippen LogP contribution in [0.25, 0.3) is 0 Å². The maximum atomic E-state index is 11.8. The second-order valence-electron chi connectivity index (χ2n) is 3.91. The van der Waals surface area contributed by atoms with E-state index in [0.717, 1.165) is 6.42 Å². The quantitative estimate of drug-likeness (QED) is 0.533. The third-order valence-corrected chi connectivity index (χ3v) is 4.18. The van der Waals surface area contributed by atoms with E-state index in [1.54, 1.807) is 11.8 Å². The summed E-state index contributed by atoms with van der Waals surface area (Å²) in [5, 5.41) is 0.279. The highest BCUT2D eigenvalue weighted by atomic mass is 32.2. The van der Waals surface area contributed by atoms with Gasteiger partial charge in [-0.2, -0.15) is 11.8 Å². The lowest BCUT2D eigenvalue weighted by molar-refractivity contribution is -0.153. The van der Waals surface area contributed by atoms with Crippen LogP contribution in [-0.2, 0) is 9.53 Å². The molecular formula is C11H18O2S. The van der Waals surface area contributed by atoms with Crippen LogP contribution in [-0.4, -0.2) is 24.1 Å². The van der Waals surface area contributed by atoms with E-state index < -0.39 is 0 Å². The molecule has 2 atom stereocenters. The second kappa shape index (κ2) is 4.39. The van der Waals surface area contributed by atoms with Crippen LogP contribution in [0.1, 0.15) is 27.2 Å². The molecular weight excluding hydrogens is 196 g/mol. The summed E-state index contributed by atoms with van der Waals surface area (Å²) < 4.78 is 5.12. The maximum absolute atomic E-state index is 11.8. The summed E-state index contributed by atoms with van der Waals surface area (Å²) >= 11 is 1.73. The Morgan fingerprint density at radius 1 is 1.79 bits per heavy atom. The van der Waals surface area contributed by atoms with Gasteiger partial charge in [-0.25, -0.2) is 0 Å². The van der Waals surface area contributed by atoms with Crippen molar-refractivity contribution in [3.05, 3.63) is 11.6 Å². The van der Waals surface area contributed by atoms with Gasteiger partial charge >= 0.3 is 5.97 Å². The number of hydrogen-bond donors (Lipinski definition) is 0. The van der Waals surface area contributed by atoms with Crippen molar-refractivity contribution in [2.75, 3.05) is 12.9 Å². The summed E-state index contributed by atoms with van der Waals surface area (Å²) in [5.41, 5.74) is 0.951. The third kappa shape index (κ3) is 1.83. The summed E-state index contributed by atoms with van der Waals surface area (Å²) in [7, 11) is 0. The Bertz CT molecular complexity index is 260.